The van der Waals surface area contributed by atoms with Gasteiger partial charge in [0.1, 0.15) is 11.6 Å². The van der Waals surface area contributed by atoms with Crippen molar-refractivity contribution in [3.8, 4) is 6.01 Å². The van der Waals surface area contributed by atoms with Crippen LogP contribution >= 0.6 is 0 Å². The number of aryl methyl sites for hydroxylation is 1. The molecule has 0 saturated heterocycles. The molecule has 0 amide bonds. The smallest absolute Gasteiger partial charge is 0.319 e. The number of hydrogen-bond acceptors (Lipinski definition) is 4. The maximum atomic E-state index is 4.96. The van der Waals surface area contributed by atoms with Gasteiger partial charge in [-0.3, -0.25) is 0 Å². The molecule has 1 aromatic rings. The first-order valence-electron chi connectivity index (χ1n) is 4.37. The van der Waals surface area contributed by atoms with E-state index in [1.807, 2.05) is 6.92 Å². The molecule has 0 atom stereocenters. The fourth-order valence-corrected chi connectivity index (χ4v) is 1.06. The number of methoxy groups -OCH3 is 1. The van der Waals surface area contributed by atoms with Gasteiger partial charge in [-0.15, -0.1) is 0 Å². The molecular formula is C9H15N3O. The molecule has 1 heterocycles. The molecule has 0 radical (unpaired) electrons. The number of aromatic nitrogens is 3. The van der Waals surface area contributed by atoms with Crippen molar-refractivity contribution in [2.75, 3.05) is 7.11 Å². The third kappa shape index (κ3) is 2.97. The van der Waals surface area contributed by atoms with Crippen LogP contribution < -0.4 is 4.74 Å². The molecule has 0 aliphatic heterocycles. The van der Waals surface area contributed by atoms with Gasteiger partial charge in [-0.1, -0.05) is 13.8 Å². The molecule has 0 aliphatic rings. The monoisotopic (exact) mass is 181 g/mol. The maximum Gasteiger partial charge on any atom is 0.319 e. The summed E-state index contributed by atoms with van der Waals surface area (Å²) in [6.45, 7) is 6.10. The quantitative estimate of drug-likeness (QED) is 0.707. The van der Waals surface area contributed by atoms with Gasteiger partial charge in [0.15, 0.2) is 0 Å². The summed E-state index contributed by atoms with van der Waals surface area (Å²) in [5, 5.41) is 0. The molecule has 4 heteroatoms. The van der Waals surface area contributed by atoms with E-state index >= 15 is 0 Å². The Balaban J connectivity index is 2.88. The van der Waals surface area contributed by atoms with E-state index < -0.39 is 0 Å². The normalized spacial score (nSPS) is 10.5. The van der Waals surface area contributed by atoms with E-state index in [1.165, 1.54) is 0 Å². The molecule has 0 fully saturated rings. The lowest BCUT2D eigenvalue weighted by molar-refractivity contribution is 0.372. The molecule has 0 spiro atoms. The highest BCUT2D eigenvalue weighted by Crippen LogP contribution is 2.06. The lowest BCUT2D eigenvalue weighted by Crippen LogP contribution is -2.05. The van der Waals surface area contributed by atoms with Crippen molar-refractivity contribution in [3.63, 3.8) is 0 Å². The maximum absolute atomic E-state index is 4.96. The third-order valence-corrected chi connectivity index (χ3v) is 1.55. The van der Waals surface area contributed by atoms with Gasteiger partial charge in [0, 0.05) is 6.42 Å². The molecule has 0 aliphatic carbocycles. The van der Waals surface area contributed by atoms with Crippen LogP contribution in [0.2, 0.25) is 0 Å². The van der Waals surface area contributed by atoms with Crippen LogP contribution in [0.15, 0.2) is 0 Å². The molecule has 1 aromatic heterocycles. The van der Waals surface area contributed by atoms with Crippen LogP contribution in [0.1, 0.15) is 25.5 Å². The van der Waals surface area contributed by atoms with E-state index in [4.69, 9.17) is 4.74 Å². The fraction of sp³-hybridized carbons (Fsp3) is 0.667. The summed E-state index contributed by atoms with van der Waals surface area (Å²) in [7, 11) is 1.56. The van der Waals surface area contributed by atoms with Crippen molar-refractivity contribution in [3.05, 3.63) is 11.6 Å². The van der Waals surface area contributed by atoms with E-state index in [9.17, 15) is 0 Å². The Morgan fingerprint density at radius 2 is 1.92 bits per heavy atom. The Labute approximate surface area is 78.4 Å². The average molecular weight is 181 g/mol. The summed E-state index contributed by atoms with van der Waals surface area (Å²) in [5.74, 6) is 2.06. The van der Waals surface area contributed by atoms with Gasteiger partial charge in [-0.25, -0.2) is 4.98 Å². The zero-order chi connectivity index (χ0) is 9.84. The first kappa shape index (κ1) is 9.89. The Hall–Kier alpha value is -1.19. The minimum Gasteiger partial charge on any atom is -0.467 e. The zero-order valence-corrected chi connectivity index (χ0v) is 8.53. The highest BCUT2D eigenvalue weighted by atomic mass is 16.5. The summed E-state index contributed by atoms with van der Waals surface area (Å²) < 4.78 is 4.96. The van der Waals surface area contributed by atoms with Crippen molar-refractivity contribution in [1.29, 1.82) is 0 Å². The van der Waals surface area contributed by atoms with E-state index in [0.717, 1.165) is 12.2 Å². The summed E-state index contributed by atoms with van der Waals surface area (Å²) in [6.07, 6.45) is 0.861. The molecule has 1 rings (SSSR count). The molecule has 4 nitrogen and oxygen atoms in total. The largest absolute Gasteiger partial charge is 0.467 e. The van der Waals surface area contributed by atoms with E-state index in [0.29, 0.717) is 17.8 Å². The lowest BCUT2D eigenvalue weighted by atomic mass is 10.1. The zero-order valence-electron chi connectivity index (χ0n) is 8.53. The first-order chi connectivity index (χ1) is 6.11. The van der Waals surface area contributed by atoms with Crippen LogP contribution in [0.25, 0.3) is 0 Å². The van der Waals surface area contributed by atoms with Crippen molar-refractivity contribution < 1.29 is 4.74 Å². The highest BCUT2D eigenvalue weighted by molar-refractivity contribution is 5.00. The molecule has 0 saturated carbocycles. The molecular weight excluding hydrogens is 166 g/mol. The van der Waals surface area contributed by atoms with Crippen LogP contribution in [0.5, 0.6) is 6.01 Å². The summed E-state index contributed by atoms with van der Waals surface area (Å²) >= 11 is 0. The molecule has 0 aromatic carbocycles. The van der Waals surface area contributed by atoms with Crippen molar-refractivity contribution >= 4 is 0 Å². The van der Waals surface area contributed by atoms with Crippen LogP contribution in [-0.2, 0) is 6.42 Å². The number of hydrogen-bond donors (Lipinski definition) is 0. The van der Waals surface area contributed by atoms with Gasteiger partial charge in [-0.05, 0) is 12.8 Å². The summed E-state index contributed by atoms with van der Waals surface area (Å²) in [6, 6.07) is 0.406. The van der Waals surface area contributed by atoms with Crippen LogP contribution in [0, 0.1) is 12.8 Å². The first-order valence-corrected chi connectivity index (χ1v) is 4.37. The van der Waals surface area contributed by atoms with Crippen LogP contribution in [-0.4, -0.2) is 22.1 Å². The SMILES string of the molecule is COc1nc(C)nc(CC(C)C)n1. The average Bonchev–Trinajstić information content (AvgIpc) is 2.01. The Bertz CT molecular complexity index is 286. The highest BCUT2D eigenvalue weighted by Gasteiger charge is 2.05. The summed E-state index contributed by atoms with van der Waals surface area (Å²) in [5.41, 5.74) is 0. The topological polar surface area (TPSA) is 47.9 Å². The number of nitrogens with zero attached hydrogens (tertiary/aromatic N) is 3. The molecule has 13 heavy (non-hydrogen) atoms. The third-order valence-electron chi connectivity index (χ3n) is 1.55. The van der Waals surface area contributed by atoms with Gasteiger partial charge >= 0.3 is 6.01 Å². The molecule has 72 valence electrons. The number of rotatable bonds is 3. The van der Waals surface area contributed by atoms with Gasteiger partial charge in [-0.2, -0.15) is 9.97 Å². The van der Waals surface area contributed by atoms with E-state index in [2.05, 4.69) is 28.8 Å². The minimum absolute atomic E-state index is 0.406. The molecule has 0 N–H and O–H groups in total. The van der Waals surface area contributed by atoms with E-state index in [1.54, 1.807) is 7.11 Å². The second-order valence-electron chi connectivity index (χ2n) is 3.38. The van der Waals surface area contributed by atoms with Crippen LogP contribution in [0.4, 0.5) is 0 Å². The van der Waals surface area contributed by atoms with Crippen LogP contribution in [0.3, 0.4) is 0 Å². The Kier molecular flexibility index (Phi) is 3.17. The fourth-order valence-electron chi connectivity index (χ4n) is 1.06. The second-order valence-corrected chi connectivity index (χ2v) is 3.38. The Morgan fingerprint density at radius 3 is 2.46 bits per heavy atom. The van der Waals surface area contributed by atoms with E-state index in [-0.39, 0.29) is 0 Å². The van der Waals surface area contributed by atoms with Gasteiger partial charge in [0.25, 0.3) is 0 Å². The van der Waals surface area contributed by atoms with Gasteiger partial charge in [0.05, 0.1) is 7.11 Å². The predicted molar refractivity (Wildman–Crippen MR) is 49.7 cm³/mol. The van der Waals surface area contributed by atoms with Crippen molar-refractivity contribution in [2.24, 2.45) is 5.92 Å². The van der Waals surface area contributed by atoms with Crippen molar-refractivity contribution in [2.45, 2.75) is 27.2 Å². The van der Waals surface area contributed by atoms with Gasteiger partial charge < -0.3 is 4.74 Å². The number of ether oxygens (including phenoxy) is 1. The Morgan fingerprint density at radius 1 is 1.23 bits per heavy atom. The predicted octanol–water partition coefficient (Wildman–Crippen LogP) is 1.39. The van der Waals surface area contributed by atoms with Gasteiger partial charge in [0.2, 0.25) is 0 Å². The minimum atomic E-state index is 0.406. The molecule has 0 bridgehead atoms. The summed E-state index contributed by atoms with van der Waals surface area (Å²) in [4.78, 5) is 12.4. The standard InChI is InChI=1S/C9H15N3O/c1-6(2)5-8-10-7(3)11-9(12-8)13-4/h6H,5H2,1-4H3. The lowest BCUT2D eigenvalue weighted by Gasteiger charge is -2.05. The second kappa shape index (κ2) is 4.16. The van der Waals surface area contributed by atoms with Crippen molar-refractivity contribution in [1.82, 2.24) is 15.0 Å². The molecule has 0 unspecified atom stereocenters.